The molecule has 2 fully saturated rings. The lowest BCUT2D eigenvalue weighted by molar-refractivity contribution is -0.129. The van der Waals surface area contributed by atoms with Gasteiger partial charge in [0.1, 0.15) is 5.82 Å². The minimum absolute atomic E-state index is 0.0359. The van der Waals surface area contributed by atoms with Gasteiger partial charge in [-0.2, -0.15) is 0 Å². The maximum atomic E-state index is 13.0. The number of anilines is 1. The minimum atomic E-state index is 0.0359. The molecule has 0 spiro atoms. The topological polar surface area (TPSA) is 65.5 Å². The number of carbonyl (C=O) groups excluding carboxylic acids is 2. The first-order valence-electron chi connectivity index (χ1n) is 9.79. The Morgan fingerprint density at radius 1 is 1.27 bits per heavy atom. The van der Waals surface area contributed by atoms with Crippen molar-refractivity contribution in [3.8, 4) is 0 Å². The van der Waals surface area contributed by atoms with Crippen molar-refractivity contribution in [1.82, 2.24) is 14.8 Å². The number of rotatable bonds is 2. The van der Waals surface area contributed by atoms with Crippen LogP contribution >= 0.6 is 0 Å². The van der Waals surface area contributed by atoms with E-state index in [9.17, 15) is 9.59 Å². The van der Waals surface area contributed by atoms with E-state index in [0.29, 0.717) is 18.5 Å². The van der Waals surface area contributed by atoms with Crippen LogP contribution in [0, 0.1) is 0 Å². The normalized spacial score (nSPS) is 25.0. The van der Waals surface area contributed by atoms with Crippen molar-refractivity contribution < 1.29 is 9.59 Å². The van der Waals surface area contributed by atoms with Crippen molar-refractivity contribution in [2.75, 3.05) is 25.0 Å². The number of nitrogens with zero attached hydrogens (tertiary/aromatic N) is 3. The first-order valence-corrected chi connectivity index (χ1v) is 9.79. The highest BCUT2D eigenvalue weighted by molar-refractivity contribution is 5.94. The van der Waals surface area contributed by atoms with Gasteiger partial charge in [0, 0.05) is 37.8 Å². The molecule has 0 unspecified atom stereocenters. The number of aryl methyl sites for hydroxylation is 1. The summed E-state index contributed by atoms with van der Waals surface area (Å²) in [4.78, 5) is 33.3. The molecular weight excluding hydrogens is 328 g/mol. The molecule has 3 aliphatic heterocycles. The second-order valence-electron chi connectivity index (χ2n) is 8.48. The molecule has 3 aliphatic rings. The van der Waals surface area contributed by atoms with Crippen LogP contribution in [0.5, 0.6) is 0 Å². The number of nitrogens with one attached hydrogen (secondary N) is 1. The maximum absolute atomic E-state index is 13.0. The van der Waals surface area contributed by atoms with E-state index in [-0.39, 0.29) is 23.4 Å². The highest BCUT2D eigenvalue weighted by Gasteiger charge is 2.35. The maximum Gasteiger partial charge on any atom is 0.255 e. The molecule has 0 aromatic carbocycles. The number of likely N-dealkylation sites (tertiary alicyclic amines) is 2. The van der Waals surface area contributed by atoms with Crippen LogP contribution in [0.25, 0.3) is 0 Å². The van der Waals surface area contributed by atoms with Gasteiger partial charge in [0.25, 0.3) is 5.91 Å². The Bertz CT molecular complexity index is 731. The zero-order valence-electron chi connectivity index (χ0n) is 15.8. The van der Waals surface area contributed by atoms with Crippen LogP contribution in [0.2, 0.25) is 0 Å². The molecule has 140 valence electrons. The summed E-state index contributed by atoms with van der Waals surface area (Å²) in [6.07, 6.45) is 7.31. The highest BCUT2D eigenvalue weighted by Crippen LogP contribution is 2.29. The molecule has 1 atom stereocenters. The lowest BCUT2D eigenvalue weighted by Crippen LogP contribution is -2.39. The summed E-state index contributed by atoms with van der Waals surface area (Å²) in [7, 11) is 0. The number of amides is 2. The third kappa shape index (κ3) is 3.29. The Kier molecular flexibility index (Phi) is 4.37. The van der Waals surface area contributed by atoms with Crippen molar-refractivity contribution in [1.29, 1.82) is 0 Å². The van der Waals surface area contributed by atoms with Crippen LogP contribution in [0.3, 0.4) is 0 Å². The van der Waals surface area contributed by atoms with Gasteiger partial charge >= 0.3 is 0 Å². The van der Waals surface area contributed by atoms with Gasteiger partial charge in [0.05, 0.1) is 11.6 Å². The van der Waals surface area contributed by atoms with Crippen LogP contribution in [0.1, 0.15) is 61.9 Å². The molecule has 0 aliphatic carbocycles. The quantitative estimate of drug-likeness (QED) is 0.884. The molecular formula is C20H28N4O2. The highest BCUT2D eigenvalue weighted by atomic mass is 16.2. The Hall–Kier alpha value is -2.11. The molecule has 2 saturated heterocycles. The fraction of sp³-hybridized carbons (Fsp3) is 0.650. The smallest absolute Gasteiger partial charge is 0.255 e. The van der Waals surface area contributed by atoms with Crippen LogP contribution in [0.4, 0.5) is 5.82 Å². The zero-order valence-corrected chi connectivity index (χ0v) is 15.8. The molecule has 0 bridgehead atoms. The van der Waals surface area contributed by atoms with Gasteiger partial charge in [0.15, 0.2) is 0 Å². The van der Waals surface area contributed by atoms with Crippen molar-refractivity contribution in [3.05, 3.63) is 23.4 Å². The van der Waals surface area contributed by atoms with Crippen molar-refractivity contribution in [3.63, 3.8) is 0 Å². The van der Waals surface area contributed by atoms with Crippen molar-refractivity contribution in [2.45, 2.75) is 64.0 Å². The third-order valence-corrected chi connectivity index (χ3v) is 5.92. The Morgan fingerprint density at radius 2 is 2.12 bits per heavy atom. The number of hydrogen-bond donors (Lipinski definition) is 1. The summed E-state index contributed by atoms with van der Waals surface area (Å²) in [6, 6.07) is 2.19. The van der Waals surface area contributed by atoms with Crippen molar-refractivity contribution >= 4 is 17.6 Å². The van der Waals surface area contributed by atoms with E-state index in [1.165, 1.54) is 0 Å². The second kappa shape index (κ2) is 6.56. The molecule has 26 heavy (non-hydrogen) atoms. The van der Waals surface area contributed by atoms with Gasteiger partial charge in [-0.15, -0.1) is 0 Å². The fourth-order valence-corrected chi connectivity index (χ4v) is 4.45. The Balaban J connectivity index is 1.47. The van der Waals surface area contributed by atoms with Gasteiger partial charge < -0.3 is 15.1 Å². The molecule has 0 radical (unpaired) electrons. The van der Waals surface area contributed by atoms with Crippen LogP contribution in [-0.2, 0) is 11.2 Å². The van der Waals surface area contributed by atoms with Crippen LogP contribution < -0.4 is 5.32 Å². The summed E-state index contributed by atoms with van der Waals surface area (Å²) >= 11 is 0. The van der Waals surface area contributed by atoms with Crippen LogP contribution in [-0.4, -0.2) is 57.8 Å². The summed E-state index contributed by atoms with van der Waals surface area (Å²) in [5.41, 5.74) is 1.83. The summed E-state index contributed by atoms with van der Waals surface area (Å²) < 4.78 is 0. The summed E-state index contributed by atoms with van der Waals surface area (Å²) in [5.74, 6) is 1.19. The second-order valence-corrected chi connectivity index (χ2v) is 8.48. The zero-order chi connectivity index (χ0) is 18.3. The largest absolute Gasteiger partial charge is 0.365 e. The van der Waals surface area contributed by atoms with Crippen molar-refractivity contribution in [2.24, 2.45) is 0 Å². The lowest BCUT2D eigenvalue weighted by Gasteiger charge is -2.25. The molecule has 2 amide bonds. The predicted octanol–water partition coefficient (Wildman–Crippen LogP) is 2.45. The molecule has 4 heterocycles. The Labute approximate surface area is 155 Å². The van der Waals surface area contributed by atoms with Gasteiger partial charge in [-0.25, -0.2) is 4.98 Å². The predicted molar refractivity (Wildman–Crippen MR) is 100 cm³/mol. The van der Waals surface area contributed by atoms with E-state index in [2.05, 4.69) is 24.1 Å². The van der Waals surface area contributed by atoms with Gasteiger partial charge in [-0.3, -0.25) is 9.59 Å². The van der Waals surface area contributed by atoms with E-state index >= 15 is 0 Å². The Morgan fingerprint density at radius 3 is 2.88 bits per heavy atom. The monoisotopic (exact) mass is 356 g/mol. The van der Waals surface area contributed by atoms with E-state index in [1.54, 1.807) is 6.20 Å². The van der Waals surface area contributed by atoms with Gasteiger partial charge in [-0.05, 0) is 57.6 Å². The first kappa shape index (κ1) is 17.3. The molecule has 1 N–H and O–H groups in total. The SMILES string of the molecule is CC1(C)CCCc2cc(C(=O)N3CC[C@H](N4CCCC4=O)C3)cnc2N1. The standard InChI is InChI=1S/C20H28N4O2/c1-20(2)8-3-5-14-11-15(12-21-18(14)22-20)19(26)23-10-7-16(13-23)24-9-4-6-17(24)25/h11-12,16H,3-10,13H2,1-2H3,(H,21,22)/t16-/m0/s1. The number of aromatic nitrogens is 1. The number of hydrogen-bond acceptors (Lipinski definition) is 4. The molecule has 1 aromatic rings. The fourth-order valence-electron chi connectivity index (χ4n) is 4.45. The number of pyridine rings is 1. The summed E-state index contributed by atoms with van der Waals surface area (Å²) in [5, 5.41) is 3.50. The molecule has 4 rings (SSSR count). The van der Waals surface area contributed by atoms with E-state index < -0.39 is 0 Å². The van der Waals surface area contributed by atoms with Gasteiger partial charge in [-0.1, -0.05) is 0 Å². The van der Waals surface area contributed by atoms with Crippen LogP contribution in [0.15, 0.2) is 12.3 Å². The molecule has 6 heteroatoms. The average molecular weight is 356 g/mol. The lowest BCUT2D eigenvalue weighted by atomic mass is 9.98. The van der Waals surface area contributed by atoms with E-state index in [1.807, 2.05) is 15.9 Å². The average Bonchev–Trinajstić information content (AvgIpc) is 3.20. The number of carbonyl (C=O) groups is 2. The first-order chi connectivity index (χ1) is 12.4. The molecule has 1 aromatic heterocycles. The van der Waals surface area contributed by atoms with E-state index in [4.69, 9.17) is 0 Å². The third-order valence-electron chi connectivity index (χ3n) is 5.92. The van der Waals surface area contributed by atoms with E-state index in [0.717, 1.165) is 56.6 Å². The molecule has 0 saturated carbocycles. The summed E-state index contributed by atoms with van der Waals surface area (Å²) in [6.45, 7) is 6.58. The molecule has 6 nitrogen and oxygen atoms in total. The number of fused-ring (bicyclic) bond motifs is 1. The van der Waals surface area contributed by atoms with Gasteiger partial charge in [0.2, 0.25) is 5.91 Å². The minimum Gasteiger partial charge on any atom is -0.365 e.